The summed E-state index contributed by atoms with van der Waals surface area (Å²) in [5.41, 5.74) is 5.14. The quantitative estimate of drug-likeness (QED) is 0.448. The third-order valence-electron chi connectivity index (χ3n) is 5.95. The fourth-order valence-corrected chi connectivity index (χ4v) is 5.08. The molecule has 0 saturated carbocycles. The molecule has 0 bridgehead atoms. The molecule has 1 aromatic carbocycles. The number of benzene rings is 1. The van der Waals surface area contributed by atoms with Crippen LogP contribution in [0.5, 0.6) is 0 Å². The number of hydrogen-bond donors (Lipinski definition) is 1. The van der Waals surface area contributed by atoms with Gasteiger partial charge in [0.2, 0.25) is 5.91 Å². The van der Waals surface area contributed by atoms with Crippen LogP contribution in [-0.4, -0.2) is 45.7 Å². The topological polar surface area (TPSA) is 67.2 Å². The molecule has 1 heterocycles. The first-order chi connectivity index (χ1) is 14.9. The van der Waals surface area contributed by atoms with Crippen LogP contribution in [0.1, 0.15) is 49.1 Å². The molecule has 1 aromatic heterocycles. The first-order valence-electron chi connectivity index (χ1n) is 11.3. The van der Waals surface area contributed by atoms with E-state index in [1.165, 1.54) is 17.3 Å². The van der Waals surface area contributed by atoms with Gasteiger partial charge in [-0.2, -0.15) is 4.98 Å². The lowest BCUT2D eigenvalue weighted by Gasteiger charge is -2.19. The summed E-state index contributed by atoms with van der Waals surface area (Å²) in [6.07, 6.45) is 3.83. The average molecular weight is 443 g/mol. The van der Waals surface area contributed by atoms with Crippen molar-refractivity contribution in [2.24, 2.45) is 0 Å². The second-order valence-electron chi connectivity index (χ2n) is 8.17. The van der Waals surface area contributed by atoms with Gasteiger partial charge in [-0.3, -0.25) is 9.36 Å². The van der Waals surface area contributed by atoms with Crippen LogP contribution < -0.4 is 11.0 Å². The Balaban J connectivity index is 1.66. The molecule has 1 aliphatic rings. The highest BCUT2D eigenvalue weighted by Gasteiger charge is 2.22. The smallest absolute Gasteiger partial charge is 0.325 e. The Morgan fingerprint density at radius 1 is 1.23 bits per heavy atom. The number of fused-ring (bicyclic) bond motifs is 1. The number of thioether (sulfide) groups is 1. The Hall–Kier alpha value is -2.12. The Morgan fingerprint density at radius 3 is 2.71 bits per heavy atom. The van der Waals surface area contributed by atoms with E-state index in [9.17, 15) is 9.59 Å². The molecule has 3 rings (SSSR count). The maximum Gasteiger partial charge on any atom is 0.348 e. The third kappa shape index (κ3) is 5.98. The molecule has 7 heteroatoms. The summed E-state index contributed by atoms with van der Waals surface area (Å²) in [4.78, 5) is 32.0. The van der Waals surface area contributed by atoms with Gasteiger partial charge in [0.1, 0.15) is 5.03 Å². The molecule has 31 heavy (non-hydrogen) atoms. The van der Waals surface area contributed by atoms with Gasteiger partial charge in [-0.15, -0.1) is 0 Å². The van der Waals surface area contributed by atoms with Crippen molar-refractivity contribution in [2.75, 3.05) is 30.7 Å². The number of nitrogens with one attached hydrogen (secondary N) is 1. The lowest BCUT2D eigenvalue weighted by atomic mass is 10.1. The minimum absolute atomic E-state index is 0.0751. The second kappa shape index (κ2) is 11.0. The predicted molar refractivity (Wildman–Crippen MR) is 128 cm³/mol. The number of hydrogen-bond acceptors (Lipinski definition) is 5. The summed E-state index contributed by atoms with van der Waals surface area (Å²) in [5.74, 6) is 0.173. The number of carbonyl (C=O) groups is 1. The molecule has 0 aliphatic heterocycles. The highest BCUT2D eigenvalue weighted by atomic mass is 32.2. The van der Waals surface area contributed by atoms with Crippen molar-refractivity contribution in [3.05, 3.63) is 51.1 Å². The van der Waals surface area contributed by atoms with E-state index >= 15 is 0 Å². The Labute approximate surface area is 189 Å². The van der Waals surface area contributed by atoms with E-state index in [4.69, 9.17) is 0 Å². The van der Waals surface area contributed by atoms with Crippen LogP contribution in [-0.2, 0) is 24.2 Å². The van der Waals surface area contributed by atoms with Crippen LogP contribution >= 0.6 is 11.8 Å². The van der Waals surface area contributed by atoms with Crippen molar-refractivity contribution >= 4 is 23.4 Å². The van der Waals surface area contributed by atoms with Crippen molar-refractivity contribution in [3.8, 4) is 0 Å². The molecule has 1 N–H and O–H groups in total. The Kier molecular flexibility index (Phi) is 8.32. The molecule has 168 valence electrons. The molecule has 0 saturated heterocycles. The first-order valence-corrected chi connectivity index (χ1v) is 12.3. The van der Waals surface area contributed by atoms with Crippen LogP contribution in [0.4, 0.5) is 5.69 Å². The summed E-state index contributed by atoms with van der Waals surface area (Å²) in [6, 6.07) is 5.98. The molecular weight excluding hydrogens is 408 g/mol. The van der Waals surface area contributed by atoms with Crippen molar-refractivity contribution in [1.82, 2.24) is 14.5 Å². The highest BCUT2D eigenvalue weighted by molar-refractivity contribution is 8.00. The summed E-state index contributed by atoms with van der Waals surface area (Å²) >= 11 is 1.38. The molecule has 0 unspecified atom stereocenters. The van der Waals surface area contributed by atoms with Gasteiger partial charge < -0.3 is 10.2 Å². The van der Waals surface area contributed by atoms with E-state index in [0.717, 1.165) is 72.9 Å². The Morgan fingerprint density at radius 2 is 2.00 bits per heavy atom. The molecule has 1 amide bonds. The van der Waals surface area contributed by atoms with E-state index in [0.29, 0.717) is 6.54 Å². The lowest BCUT2D eigenvalue weighted by molar-refractivity contribution is -0.113. The molecule has 1 aliphatic carbocycles. The van der Waals surface area contributed by atoms with E-state index in [1.54, 1.807) is 0 Å². The number of aromatic nitrogens is 2. The lowest BCUT2D eigenvalue weighted by Crippen LogP contribution is -2.30. The van der Waals surface area contributed by atoms with E-state index in [-0.39, 0.29) is 17.3 Å². The monoisotopic (exact) mass is 442 g/mol. The summed E-state index contributed by atoms with van der Waals surface area (Å²) < 4.78 is 1.87. The van der Waals surface area contributed by atoms with Crippen molar-refractivity contribution in [2.45, 2.75) is 64.9 Å². The van der Waals surface area contributed by atoms with E-state index < -0.39 is 0 Å². The van der Waals surface area contributed by atoms with Crippen molar-refractivity contribution in [3.63, 3.8) is 0 Å². The number of amides is 1. The maximum atomic E-state index is 12.8. The zero-order chi connectivity index (χ0) is 22.4. The fraction of sp³-hybridized carbons (Fsp3) is 0.542. The minimum Gasteiger partial charge on any atom is -0.325 e. The molecule has 0 radical (unpaired) electrons. The number of aryl methyl sites for hydroxylation is 2. The van der Waals surface area contributed by atoms with Crippen LogP contribution in [0.3, 0.4) is 0 Å². The SMILES string of the molecule is CCN(CC)CCCn1c2c(c(SCC(=O)Nc3ccc(C)cc3C)nc1=O)CCC2. The van der Waals surface area contributed by atoms with Gasteiger partial charge in [0.05, 0.1) is 5.75 Å². The molecule has 6 nitrogen and oxygen atoms in total. The number of carbonyl (C=O) groups excluding carboxylic acids is 1. The van der Waals surface area contributed by atoms with Crippen LogP contribution in [0.2, 0.25) is 0 Å². The number of nitrogens with zero attached hydrogens (tertiary/aromatic N) is 3. The normalized spacial score (nSPS) is 12.9. The average Bonchev–Trinajstić information content (AvgIpc) is 3.23. The van der Waals surface area contributed by atoms with E-state index in [2.05, 4.69) is 35.1 Å². The van der Waals surface area contributed by atoms with Gasteiger partial charge in [0.15, 0.2) is 0 Å². The largest absolute Gasteiger partial charge is 0.348 e. The molecule has 0 spiro atoms. The van der Waals surface area contributed by atoms with Gasteiger partial charge in [0.25, 0.3) is 0 Å². The van der Waals surface area contributed by atoms with Gasteiger partial charge in [-0.25, -0.2) is 4.79 Å². The van der Waals surface area contributed by atoms with Gasteiger partial charge in [-0.1, -0.05) is 43.3 Å². The maximum absolute atomic E-state index is 12.8. The zero-order valence-electron chi connectivity index (χ0n) is 19.2. The summed E-state index contributed by atoms with van der Waals surface area (Å²) in [6.45, 7) is 12.1. The first kappa shape index (κ1) is 23.5. The van der Waals surface area contributed by atoms with Gasteiger partial charge in [0, 0.05) is 23.5 Å². The number of anilines is 1. The number of rotatable bonds is 10. The highest BCUT2D eigenvalue weighted by Crippen LogP contribution is 2.29. The zero-order valence-corrected chi connectivity index (χ0v) is 20.0. The summed E-state index contributed by atoms with van der Waals surface area (Å²) in [5, 5.41) is 3.71. The molecular formula is C24H34N4O2S. The summed E-state index contributed by atoms with van der Waals surface area (Å²) in [7, 11) is 0. The Bertz CT molecular complexity index is 982. The van der Waals surface area contributed by atoms with Crippen molar-refractivity contribution < 1.29 is 4.79 Å². The second-order valence-corrected chi connectivity index (χ2v) is 9.13. The van der Waals surface area contributed by atoms with Crippen molar-refractivity contribution in [1.29, 1.82) is 0 Å². The van der Waals surface area contributed by atoms with Crippen LogP contribution in [0.25, 0.3) is 0 Å². The fourth-order valence-electron chi connectivity index (χ4n) is 4.20. The standard InChI is InChI=1S/C24H34N4O2S/c1-5-27(6-2)13-8-14-28-21-10-7-9-19(21)23(26-24(28)30)31-16-22(29)25-20-12-11-17(3)15-18(20)4/h11-12,15H,5-10,13-14,16H2,1-4H3,(H,25,29). The van der Waals surface area contributed by atoms with Gasteiger partial charge in [-0.05, 0) is 70.8 Å². The van der Waals surface area contributed by atoms with Crippen LogP contribution in [0.15, 0.2) is 28.0 Å². The van der Waals surface area contributed by atoms with E-state index in [1.807, 2.05) is 30.5 Å². The predicted octanol–water partition coefficient (Wildman–Crippen LogP) is 3.81. The molecule has 0 atom stereocenters. The van der Waals surface area contributed by atoms with Crippen LogP contribution in [0, 0.1) is 13.8 Å². The van der Waals surface area contributed by atoms with Gasteiger partial charge >= 0.3 is 5.69 Å². The molecule has 2 aromatic rings. The third-order valence-corrected chi connectivity index (χ3v) is 6.96. The molecule has 0 fully saturated rings. The minimum atomic E-state index is -0.183.